The minimum atomic E-state index is 0.0344. The molecule has 1 saturated heterocycles. The lowest BCUT2D eigenvalue weighted by atomic mass is 9.83. The second-order valence-corrected chi connectivity index (χ2v) is 8.14. The highest BCUT2D eigenvalue weighted by atomic mass is 16.2. The van der Waals surface area contributed by atoms with Gasteiger partial charge in [-0.3, -0.25) is 14.5 Å². The van der Waals surface area contributed by atoms with E-state index in [4.69, 9.17) is 0 Å². The largest absolute Gasteiger partial charge is 0.312 e. The Labute approximate surface area is 172 Å². The molecule has 0 saturated carbocycles. The number of benzene rings is 1. The molecule has 2 unspecified atom stereocenters. The maximum Gasteiger partial charge on any atom is 0.250 e. The number of likely N-dealkylation sites (tertiary alicyclic amines) is 1. The van der Waals surface area contributed by atoms with Gasteiger partial charge in [0.1, 0.15) is 0 Å². The van der Waals surface area contributed by atoms with Crippen molar-refractivity contribution in [2.24, 2.45) is 5.92 Å². The molecule has 1 aromatic heterocycles. The van der Waals surface area contributed by atoms with Gasteiger partial charge in [-0.05, 0) is 37.0 Å². The number of carbonyl (C=O) groups excluding carboxylic acids is 1. The van der Waals surface area contributed by atoms with E-state index in [1.54, 1.807) is 12.1 Å². The van der Waals surface area contributed by atoms with Gasteiger partial charge in [-0.25, -0.2) is 0 Å². The summed E-state index contributed by atoms with van der Waals surface area (Å²) >= 11 is 0. The molecule has 1 aromatic carbocycles. The number of nitrogens with zero attached hydrogens (tertiary/aromatic N) is 3. The first-order valence-electron chi connectivity index (χ1n) is 10.6. The van der Waals surface area contributed by atoms with Gasteiger partial charge in [0.2, 0.25) is 0 Å². The Hall–Kier alpha value is -2.66. The van der Waals surface area contributed by atoms with Crippen molar-refractivity contribution in [2.75, 3.05) is 31.1 Å². The Balaban J connectivity index is 1.40. The van der Waals surface area contributed by atoms with Gasteiger partial charge in [0.05, 0.1) is 0 Å². The van der Waals surface area contributed by atoms with Crippen LogP contribution in [-0.2, 0) is 11.3 Å². The van der Waals surface area contributed by atoms with E-state index in [1.807, 2.05) is 51.9 Å². The Kier molecular flexibility index (Phi) is 5.95. The summed E-state index contributed by atoms with van der Waals surface area (Å²) in [6.07, 6.45) is 5.78. The van der Waals surface area contributed by atoms with Gasteiger partial charge >= 0.3 is 0 Å². The number of piperidine rings is 1. The topological polar surface area (TPSA) is 45.6 Å². The number of pyridine rings is 1. The number of rotatable bonds is 6. The highest BCUT2D eigenvalue weighted by Crippen LogP contribution is 2.34. The Bertz CT molecular complexity index is 935. The van der Waals surface area contributed by atoms with Crippen LogP contribution in [0.3, 0.4) is 0 Å². The molecule has 1 amide bonds. The van der Waals surface area contributed by atoms with Crippen LogP contribution < -0.4 is 10.5 Å². The second kappa shape index (κ2) is 8.78. The van der Waals surface area contributed by atoms with Crippen molar-refractivity contribution in [3.63, 3.8) is 0 Å². The van der Waals surface area contributed by atoms with E-state index in [-0.39, 0.29) is 11.5 Å². The number of para-hydroxylation sites is 1. The zero-order chi connectivity index (χ0) is 20.2. The second-order valence-electron chi connectivity index (χ2n) is 8.14. The molecular formula is C24H29N3O2. The minimum absolute atomic E-state index is 0.0344. The first kappa shape index (κ1) is 19.6. The summed E-state index contributed by atoms with van der Waals surface area (Å²) in [7, 11) is 0. The monoisotopic (exact) mass is 391 g/mol. The van der Waals surface area contributed by atoms with Crippen molar-refractivity contribution in [3.05, 3.63) is 76.7 Å². The van der Waals surface area contributed by atoms with Gasteiger partial charge in [-0.2, -0.15) is 0 Å². The third-order valence-electron chi connectivity index (χ3n) is 5.96. The van der Waals surface area contributed by atoms with Crippen LogP contribution >= 0.6 is 0 Å². The van der Waals surface area contributed by atoms with Crippen molar-refractivity contribution in [1.29, 1.82) is 0 Å². The lowest BCUT2D eigenvalue weighted by Gasteiger charge is -2.42. The van der Waals surface area contributed by atoms with Crippen molar-refractivity contribution < 1.29 is 4.79 Å². The Morgan fingerprint density at radius 1 is 1.10 bits per heavy atom. The fourth-order valence-electron chi connectivity index (χ4n) is 4.74. The Morgan fingerprint density at radius 3 is 2.72 bits per heavy atom. The summed E-state index contributed by atoms with van der Waals surface area (Å²) in [4.78, 5) is 29.2. The summed E-state index contributed by atoms with van der Waals surface area (Å²) < 4.78 is 1.96. The van der Waals surface area contributed by atoms with Crippen LogP contribution in [0.5, 0.6) is 0 Å². The number of hydrogen-bond donors (Lipinski definition) is 0. The van der Waals surface area contributed by atoms with Crippen molar-refractivity contribution in [3.8, 4) is 0 Å². The van der Waals surface area contributed by atoms with E-state index in [2.05, 4.69) is 17.9 Å². The number of fused-ring (bicyclic) bond motifs is 4. The quantitative estimate of drug-likeness (QED) is 0.710. The maximum atomic E-state index is 12.8. The molecule has 4 rings (SSSR count). The van der Waals surface area contributed by atoms with Crippen LogP contribution in [0.1, 0.15) is 31.4 Å². The molecule has 2 aliphatic rings. The lowest BCUT2D eigenvalue weighted by molar-refractivity contribution is -0.114. The van der Waals surface area contributed by atoms with Crippen LogP contribution in [0.15, 0.2) is 65.5 Å². The summed E-state index contributed by atoms with van der Waals surface area (Å²) in [6.45, 7) is 6.30. The molecule has 0 aliphatic carbocycles. The van der Waals surface area contributed by atoms with E-state index in [0.717, 1.165) is 50.4 Å². The number of hydrogen-bond acceptors (Lipinski definition) is 3. The normalized spacial score (nSPS) is 21.1. The van der Waals surface area contributed by atoms with Gasteiger partial charge in [-0.1, -0.05) is 37.3 Å². The number of carbonyl (C=O) groups is 1. The Morgan fingerprint density at radius 2 is 1.93 bits per heavy atom. The van der Waals surface area contributed by atoms with Crippen LogP contribution in [0.25, 0.3) is 0 Å². The molecule has 2 bridgehead atoms. The zero-order valence-corrected chi connectivity index (χ0v) is 17.0. The van der Waals surface area contributed by atoms with Gasteiger partial charge < -0.3 is 9.47 Å². The van der Waals surface area contributed by atoms with Gasteiger partial charge in [-0.15, -0.1) is 0 Å². The third kappa shape index (κ3) is 4.35. The smallest absolute Gasteiger partial charge is 0.250 e. The standard InChI is InChI=1S/C24H29N3O2/c1-2-13-26(21-8-4-3-5-9-21)23(28)12-7-14-25-16-19-15-20(18-25)22-10-6-11-24(29)27(22)17-19/h3-12,19-20H,2,13-18H2,1H3. The van der Waals surface area contributed by atoms with Crippen LogP contribution in [0.4, 0.5) is 5.69 Å². The molecule has 2 aliphatic heterocycles. The highest BCUT2D eigenvalue weighted by molar-refractivity contribution is 6.01. The van der Waals surface area contributed by atoms with E-state index < -0.39 is 0 Å². The third-order valence-corrected chi connectivity index (χ3v) is 5.96. The molecule has 2 aromatic rings. The first-order valence-corrected chi connectivity index (χ1v) is 10.6. The van der Waals surface area contributed by atoms with Gasteiger partial charge in [0.25, 0.3) is 11.5 Å². The van der Waals surface area contributed by atoms with Crippen molar-refractivity contribution in [2.45, 2.75) is 32.2 Å². The van der Waals surface area contributed by atoms with Gasteiger partial charge in [0, 0.05) is 62.2 Å². The number of amides is 1. The molecular weight excluding hydrogens is 362 g/mol. The molecule has 152 valence electrons. The molecule has 2 atom stereocenters. The molecule has 3 heterocycles. The lowest BCUT2D eigenvalue weighted by Crippen LogP contribution is -2.47. The summed E-state index contributed by atoms with van der Waals surface area (Å²) in [6, 6.07) is 15.5. The van der Waals surface area contributed by atoms with Crippen LogP contribution in [-0.4, -0.2) is 41.6 Å². The fraction of sp³-hybridized carbons (Fsp3) is 0.417. The van der Waals surface area contributed by atoms with E-state index in [1.165, 1.54) is 0 Å². The number of anilines is 1. The first-order chi connectivity index (χ1) is 14.2. The predicted octanol–water partition coefficient (Wildman–Crippen LogP) is 3.27. The molecule has 0 radical (unpaired) electrons. The van der Waals surface area contributed by atoms with Crippen LogP contribution in [0.2, 0.25) is 0 Å². The fourth-order valence-corrected chi connectivity index (χ4v) is 4.74. The van der Waals surface area contributed by atoms with Gasteiger partial charge in [0.15, 0.2) is 0 Å². The molecule has 5 nitrogen and oxygen atoms in total. The minimum Gasteiger partial charge on any atom is -0.312 e. The average Bonchev–Trinajstić information content (AvgIpc) is 2.73. The predicted molar refractivity (Wildman–Crippen MR) is 116 cm³/mol. The summed E-state index contributed by atoms with van der Waals surface area (Å²) in [5.74, 6) is 0.944. The summed E-state index contributed by atoms with van der Waals surface area (Å²) in [5, 5.41) is 0. The molecule has 5 heteroatoms. The zero-order valence-electron chi connectivity index (χ0n) is 17.0. The summed E-state index contributed by atoms with van der Waals surface area (Å²) in [5.41, 5.74) is 2.23. The SMILES string of the molecule is CCCN(C(=O)C=CCN1CC2CC(C1)c1cccc(=O)n1C2)c1ccccc1. The molecule has 1 fully saturated rings. The van der Waals surface area contributed by atoms with E-state index >= 15 is 0 Å². The van der Waals surface area contributed by atoms with Crippen LogP contribution in [0, 0.1) is 5.92 Å². The van der Waals surface area contributed by atoms with E-state index in [9.17, 15) is 9.59 Å². The molecule has 0 N–H and O–H groups in total. The number of aromatic nitrogens is 1. The average molecular weight is 392 g/mol. The molecule has 29 heavy (non-hydrogen) atoms. The highest BCUT2D eigenvalue weighted by Gasteiger charge is 2.33. The van der Waals surface area contributed by atoms with Crippen molar-refractivity contribution >= 4 is 11.6 Å². The van der Waals surface area contributed by atoms with E-state index in [0.29, 0.717) is 18.4 Å². The maximum absolute atomic E-state index is 12.8. The molecule has 0 spiro atoms. The van der Waals surface area contributed by atoms with Crippen molar-refractivity contribution in [1.82, 2.24) is 9.47 Å².